The molecule has 0 aliphatic carbocycles. The lowest BCUT2D eigenvalue weighted by Crippen LogP contribution is -2.51. The van der Waals surface area contributed by atoms with Crippen molar-refractivity contribution in [1.29, 1.82) is 0 Å². The van der Waals surface area contributed by atoms with Crippen LogP contribution in [-0.4, -0.2) is 29.8 Å². The first-order chi connectivity index (χ1) is 8.49. The van der Waals surface area contributed by atoms with Crippen LogP contribution in [0.25, 0.3) is 0 Å². The number of piperazine rings is 1. The van der Waals surface area contributed by atoms with E-state index in [1.54, 1.807) is 0 Å². The molecule has 4 nitrogen and oxygen atoms in total. The highest BCUT2D eigenvalue weighted by Crippen LogP contribution is 2.19. The van der Waals surface area contributed by atoms with Gasteiger partial charge in [-0.15, -0.1) is 0 Å². The highest BCUT2D eigenvalue weighted by Gasteiger charge is 2.26. The molecule has 1 aliphatic rings. The zero-order valence-electron chi connectivity index (χ0n) is 11.0. The van der Waals surface area contributed by atoms with E-state index >= 15 is 0 Å². The number of rotatable bonds is 2. The van der Waals surface area contributed by atoms with Gasteiger partial charge in [-0.1, -0.05) is 17.7 Å². The lowest BCUT2D eigenvalue weighted by Gasteiger charge is -2.27. The molecule has 96 valence electrons. The van der Waals surface area contributed by atoms with E-state index in [2.05, 4.69) is 17.4 Å². The summed E-state index contributed by atoms with van der Waals surface area (Å²) in [6.07, 6.45) is 0. The van der Waals surface area contributed by atoms with Crippen LogP contribution in [0.3, 0.4) is 0 Å². The molecule has 1 N–H and O–H groups in total. The molecule has 4 heteroatoms. The number of imide groups is 1. The Morgan fingerprint density at radius 3 is 2.06 bits per heavy atom. The number of carbonyl (C=O) groups excluding carboxylic acids is 2. The van der Waals surface area contributed by atoms with E-state index in [0.717, 1.165) is 16.7 Å². The lowest BCUT2D eigenvalue weighted by atomic mass is 9.99. The van der Waals surface area contributed by atoms with Gasteiger partial charge in [-0.05, 0) is 37.5 Å². The average molecular weight is 246 g/mol. The van der Waals surface area contributed by atoms with Gasteiger partial charge in [0.25, 0.3) is 0 Å². The maximum Gasteiger partial charge on any atom is 0.243 e. The second-order valence-electron chi connectivity index (χ2n) is 4.85. The number of carbonyl (C=O) groups is 2. The predicted molar refractivity (Wildman–Crippen MR) is 69.1 cm³/mol. The lowest BCUT2D eigenvalue weighted by molar-refractivity contribution is -0.147. The largest absolute Gasteiger partial charge is 0.300 e. The summed E-state index contributed by atoms with van der Waals surface area (Å²) >= 11 is 0. The second kappa shape index (κ2) is 4.90. The Labute approximate surface area is 107 Å². The Balaban J connectivity index is 2.28. The molecule has 0 radical (unpaired) electrons. The van der Waals surface area contributed by atoms with Crippen molar-refractivity contribution in [3.05, 3.63) is 34.4 Å². The standard InChI is InChI=1S/C14H18N2O2/c1-9-4-10(2)12(11(3)5-9)8-16-13(17)6-15-7-14(16)18/h4-5,15H,6-8H2,1-3H3. The van der Waals surface area contributed by atoms with Crippen molar-refractivity contribution in [3.8, 4) is 0 Å². The SMILES string of the molecule is Cc1cc(C)c(CN2C(=O)CNCC2=O)c(C)c1. The third-order valence-electron chi connectivity index (χ3n) is 3.31. The predicted octanol–water partition coefficient (Wildman–Crippen LogP) is 1.07. The van der Waals surface area contributed by atoms with Crippen LogP contribution >= 0.6 is 0 Å². The molecule has 1 aromatic rings. The van der Waals surface area contributed by atoms with Crippen LogP contribution < -0.4 is 5.32 Å². The summed E-state index contributed by atoms with van der Waals surface area (Å²) in [6.45, 7) is 6.96. The van der Waals surface area contributed by atoms with Crippen molar-refractivity contribution in [2.24, 2.45) is 0 Å². The Morgan fingerprint density at radius 1 is 1.06 bits per heavy atom. The number of nitrogens with zero attached hydrogens (tertiary/aromatic N) is 1. The Bertz CT molecular complexity index is 470. The summed E-state index contributed by atoms with van der Waals surface area (Å²) in [5.74, 6) is -0.295. The quantitative estimate of drug-likeness (QED) is 0.794. The fraction of sp³-hybridized carbons (Fsp3) is 0.429. The van der Waals surface area contributed by atoms with E-state index in [1.807, 2.05) is 20.8 Å². The normalized spacial score (nSPS) is 16.3. The fourth-order valence-electron chi connectivity index (χ4n) is 2.40. The van der Waals surface area contributed by atoms with Crippen LogP contribution in [-0.2, 0) is 16.1 Å². The molecule has 2 amide bonds. The fourth-order valence-corrected chi connectivity index (χ4v) is 2.40. The van der Waals surface area contributed by atoms with Crippen molar-refractivity contribution in [2.75, 3.05) is 13.1 Å². The Morgan fingerprint density at radius 2 is 1.56 bits per heavy atom. The molecule has 18 heavy (non-hydrogen) atoms. The highest BCUT2D eigenvalue weighted by molar-refractivity contribution is 5.99. The first kappa shape index (κ1) is 12.8. The number of amides is 2. The number of benzene rings is 1. The van der Waals surface area contributed by atoms with E-state index in [4.69, 9.17) is 0 Å². The van der Waals surface area contributed by atoms with Gasteiger partial charge in [0.1, 0.15) is 0 Å². The van der Waals surface area contributed by atoms with E-state index in [-0.39, 0.29) is 24.9 Å². The first-order valence-electron chi connectivity index (χ1n) is 6.09. The van der Waals surface area contributed by atoms with Gasteiger partial charge in [-0.3, -0.25) is 19.8 Å². The maximum atomic E-state index is 11.7. The summed E-state index contributed by atoms with van der Waals surface area (Å²) in [6, 6.07) is 4.17. The van der Waals surface area contributed by atoms with Crippen molar-refractivity contribution in [1.82, 2.24) is 10.2 Å². The van der Waals surface area contributed by atoms with Crippen LogP contribution in [0, 0.1) is 20.8 Å². The minimum Gasteiger partial charge on any atom is -0.300 e. The van der Waals surface area contributed by atoms with Crippen molar-refractivity contribution >= 4 is 11.8 Å². The van der Waals surface area contributed by atoms with Crippen LogP contribution in [0.2, 0.25) is 0 Å². The number of nitrogens with one attached hydrogen (secondary N) is 1. The van der Waals surface area contributed by atoms with Gasteiger partial charge in [0, 0.05) is 0 Å². The van der Waals surface area contributed by atoms with Gasteiger partial charge in [0.05, 0.1) is 19.6 Å². The third-order valence-corrected chi connectivity index (χ3v) is 3.31. The molecule has 0 saturated carbocycles. The highest BCUT2D eigenvalue weighted by atomic mass is 16.2. The molecule has 1 heterocycles. The Kier molecular flexibility index (Phi) is 3.48. The summed E-state index contributed by atoms with van der Waals surface area (Å²) in [5.41, 5.74) is 4.54. The first-order valence-corrected chi connectivity index (χ1v) is 6.09. The van der Waals surface area contributed by atoms with Crippen LogP contribution in [0.1, 0.15) is 22.3 Å². The molecule has 0 bridgehead atoms. The molecule has 2 rings (SSSR count). The van der Waals surface area contributed by atoms with Crippen molar-refractivity contribution in [2.45, 2.75) is 27.3 Å². The van der Waals surface area contributed by atoms with Gasteiger partial charge >= 0.3 is 0 Å². The van der Waals surface area contributed by atoms with Gasteiger partial charge in [-0.25, -0.2) is 0 Å². The number of hydrogen-bond donors (Lipinski definition) is 1. The van der Waals surface area contributed by atoms with Crippen LogP contribution in [0.4, 0.5) is 0 Å². The molecule has 1 aromatic carbocycles. The van der Waals surface area contributed by atoms with E-state index in [9.17, 15) is 9.59 Å². The average Bonchev–Trinajstić information content (AvgIpc) is 2.26. The third kappa shape index (κ3) is 2.43. The maximum absolute atomic E-state index is 11.7. The molecule has 0 atom stereocenters. The minimum atomic E-state index is -0.148. The van der Waals surface area contributed by atoms with Gasteiger partial charge in [0.2, 0.25) is 11.8 Å². The molecule has 1 fully saturated rings. The summed E-state index contributed by atoms with van der Waals surface area (Å²) in [4.78, 5) is 24.8. The topological polar surface area (TPSA) is 49.4 Å². The smallest absolute Gasteiger partial charge is 0.243 e. The Hall–Kier alpha value is -1.68. The zero-order chi connectivity index (χ0) is 13.3. The molecule has 1 saturated heterocycles. The van der Waals surface area contributed by atoms with Gasteiger partial charge in [0.15, 0.2) is 0 Å². The molecular formula is C14H18N2O2. The summed E-state index contributed by atoms with van der Waals surface area (Å²) < 4.78 is 0. The molecule has 0 spiro atoms. The minimum absolute atomic E-state index is 0.148. The van der Waals surface area contributed by atoms with E-state index < -0.39 is 0 Å². The number of hydrogen-bond acceptors (Lipinski definition) is 3. The molecule has 1 aliphatic heterocycles. The monoisotopic (exact) mass is 246 g/mol. The summed E-state index contributed by atoms with van der Waals surface area (Å²) in [5, 5.41) is 2.80. The number of aryl methyl sites for hydroxylation is 3. The van der Waals surface area contributed by atoms with E-state index in [1.165, 1.54) is 10.5 Å². The van der Waals surface area contributed by atoms with Crippen LogP contribution in [0.15, 0.2) is 12.1 Å². The van der Waals surface area contributed by atoms with Crippen molar-refractivity contribution in [3.63, 3.8) is 0 Å². The van der Waals surface area contributed by atoms with Crippen LogP contribution in [0.5, 0.6) is 0 Å². The molecule has 0 aromatic heterocycles. The second-order valence-corrected chi connectivity index (χ2v) is 4.85. The van der Waals surface area contributed by atoms with Gasteiger partial charge < -0.3 is 0 Å². The molecule has 0 unspecified atom stereocenters. The zero-order valence-corrected chi connectivity index (χ0v) is 11.0. The summed E-state index contributed by atoms with van der Waals surface area (Å²) in [7, 11) is 0. The van der Waals surface area contributed by atoms with Gasteiger partial charge in [-0.2, -0.15) is 0 Å². The van der Waals surface area contributed by atoms with E-state index in [0.29, 0.717) is 6.54 Å². The molecular weight excluding hydrogens is 228 g/mol. The van der Waals surface area contributed by atoms with Crippen molar-refractivity contribution < 1.29 is 9.59 Å².